The highest BCUT2D eigenvalue weighted by Gasteiger charge is 2.05. The largest absolute Gasteiger partial charge is 0.289 e. The van der Waals surface area contributed by atoms with Gasteiger partial charge in [0.15, 0.2) is 5.78 Å². The van der Waals surface area contributed by atoms with Crippen LogP contribution in [0.15, 0.2) is 115 Å². The van der Waals surface area contributed by atoms with Crippen molar-refractivity contribution in [3.05, 3.63) is 126 Å². The molecular weight excluding hydrogens is 340 g/mol. The maximum absolute atomic E-state index is 12.4. The molecule has 0 saturated carbocycles. The van der Waals surface area contributed by atoms with Gasteiger partial charge in [-0.05, 0) is 40.0 Å². The lowest BCUT2D eigenvalue weighted by Crippen LogP contribution is -1.93. The Labute approximate surface area is 165 Å². The van der Waals surface area contributed by atoms with Crippen LogP contribution in [0.1, 0.15) is 15.9 Å². The highest BCUT2D eigenvalue weighted by Crippen LogP contribution is 2.26. The number of carbonyl (C=O) groups is 1. The first-order valence-electron chi connectivity index (χ1n) is 9.33. The Morgan fingerprint density at radius 2 is 1.07 bits per heavy atom. The minimum Gasteiger partial charge on any atom is -0.289 e. The SMILES string of the molecule is O=C(/C=C\c1ccccc1)c1ccc(-c2cccc(-c3ccccc3)c2)cc1. The summed E-state index contributed by atoms with van der Waals surface area (Å²) in [5.41, 5.74) is 6.33. The predicted octanol–water partition coefficient (Wildman–Crippen LogP) is 6.92. The summed E-state index contributed by atoms with van der Waals surface area (Å²) in [6, 6.07) is 36.4. The van der Waals surface area contributed by atoms with E-state index in [9.17, 15) is 4.79 Å². The highest BCUT2D eigenvalue weighted by molar-refractivity contribution is 6.07. The second-order valence-corrected chi connectivity index (χ2v) is 6.63. The number of hydrogen-bond acceptors (Lipinski definition) is 1. The van der Waals surface area contributed by atoms with Crippen LogP contribution < -0.4 is 0 Å². The number of benzene rings is 4. The summed E-state index contributed by atoms with van der Waals surface area (Å²) in [6.07, 6.45) is 3.47. The normalized spacial score (nSPS) is 10.9. The second kappa shape index (κ2) is 8.32. The average molecular weight is 360 g/mol. The number of ketones is 1. The van der Waals surface area contributed by atoms with E-state index in [0.717, 1.165) is 16.7 Å². The Kier molecular flexibility index (Phi) is 5.26. The lowest BCUT2D eigenvalue weighted by molar-refractivity contribution is 0.104. The zero-order valence-electron chi connectivity index (χ0n) is 15.5. The fourth-order valence-electron chi connectivity index (χ4n) is 3.17. The molecule has 0 saturated heterocycles. The van der Waals surface area contributed by atoms with E-state index in [4.69, 9.17) is 0 Å². The summed E-state index contributed by atoms with van der Waals surface area (Å²) in [7, 11) is 0. The molecule has 0 aromatic heterocycles. The van der Waals surface area contributed by atoms with Crippen molar-refractivity contribution >= 4 is 11.9 Å². The summed E-state index contributed by atoms with van der Waals surface area (Å²) in [6.45, 7) is 0. The fourth-order valence-corrected chi connectivity index (χ4v) is 3.17. The molecule has 0 atom stereocenters. The minimum absolute atomic E-state index is 0.00781. The van der Waals surface area contributed by atoms with Gasteiger partial charge in [-0.25, -0.2) is 0 Å². The molecule has 0 amide bonds. The summed E-state index contributed by atoms with van der Waals surface area (Å²) >= 11 is 0. The summed E-state index contributed by atoms with van der Waals surface area (Å²) in [4.78, 5) is 12.4. The van der Waals surface area contributed by atoms with Crippen molar-refractivity contribution in [1.29, 1.82) is 0 Å². The number of hydrogen-bond donors (Lipinski definition) is 0. The van der Waals surface area contributed by atoms with Gasteiger partial charge in [0, 0.05) is 5.56 Å². The molecule has 0 unspecified atom stereocenters. The van der Waals surface area contributed by atoms with E-state index >= 15 is 0 Å². The maximum Gasteiger partial charge on any atom is 0.185 e. The molecule has 0 N–H and O–H groups in total. The van der Waals surface area contributed by atoms with E-state index in [-0.39, 0.29) is 5.78 Å². The molecule has 0 radical (unpaired) electrons. The Morgan fingerprint density at radius 3 is 1.71 bits per heavy atom. The third kappa shape index (κ3) is 4.16. The molecule has 0 bridgehead atoms. The number of rotatable bonds is 5. The molecule has 0 heterocycles. The van der Waals surface area contributed by atoms with Crippen molar-refractivity contribution in [1.82, 2.24) is 0 Å². The number of carbonyl (C=O) groups excluding carboxylic acids is 1. The molecule has 0 fully saturated rings. The first kappa shape index (κ1) is 17.7. The molecule has 4 rings (SSSR count). The van der Waals surface area contributed by atoms with Gasteiger partial charge >= 0.3 is 0 Å². The molecule has 0 aliphatic heterocycles. The third-order valence-corrected chi connectivity index (χ3v) is 4.70. The van der Waals surface area contributed by atoms with Gasteiger partial charge in [-0.1, -0.05) is 109 Å². The molecule has 4 aromatic carbocycles. The van der Waals surface area contributed by atoms with E-state index in [1.807, 2.05) is 78.9 Å². The van der Waals surface area contributed by atoms with Crippen LogP contribution >= 0.6 is 0 Å². The third-order valence-electron chi connectivity index (χ3n) is 4.70. The topological polar surface area (TPSA) is 17.1 Å². The van der Waals surface area contributed by atoms with E-state index < -0.39 is 0 Å². The van der Waals surface area contributed by atoms with Gasteiger partial charge < -0.3 is 0 Å². The summed E-state index contributed by atoms with van der Waals surface area (Å²) < 4.78 is 0. The maximum atomic E-state index is 12.4. The monoisotopic (exact) mass is 360 g/mol. The van der Waals surface area contributed by atoms with Crippen molar-refractivity contribution in [3.63, 3.8) is 0 Å². The predicted molar refractivity (Wildman–Crippen MR) is 117 cm³/mol. The number of allylic oxidation sites excluding steroid dienone is 1. The molecular formula is C27H20O. The molecule has 28 heavy (non-hydrogen) atoms. The zero-order chi connectivity index (χ0) is 19.2. The molecule has 134 valence electrons. The summed E-state index contributed by atoms with van der Waals surface area (Å²) in [5.74, 6) is 0.00781. The van der Waals surface area contributed by atoms with Crippen molar-refractivity contribution in [3.8, 4) is 22.3 Å². The lowest BCUT2D eigenvalue weighted by Gasteiger charge is -2.07. The van der Waals surface area contributed by atoms with E-state index in [2.05, 4.69) is 36.4 Å². The Balaban J connectivity index is 1.54. The first-order valence-corrected chi connectivity index (χ1v) is 9.33. The zero-order valence-corrected chi connectivity index (χ0v) is 15.5. The molecule has 0 aliphatic rings. The lowest BCUT2D eigenvalue weighted by atomic mass is 9.98. The van der Waals surface area contributed by atoms with Crippen LogP contribution in [0.25, 0.3) is 28.3 Å². The van der Waals surface area contributed by atoms with Crippen LogP contribution in [0, 0.1) is 0 Å². The Bertz CT molecular complexity index is 1090. The fraction of sp³-hybridized carbons (Fsp3) is 0. The van der Waals surface area contributed by atoms with Gasteiger partial charge in [-0.2, -0.15) is 0 Å². The average Bonchev–Trinajstić information content (AvgIpc) is 2.79. The molecule has 1 heteroatoms. The standard InChI is InChI=1S/C27H20O/c28-27(19-14-21-8-3-1-4-9-21)24-17-15-23(16-18-24)26-13-7-12-25(20-26)22-10-5-2-6-11-22/h1-20H/b19-14-. The van der Waals surface area contributed by atoms with E-state index in [1.54, 1.807) is 6.08 Å². The smallest absolute Gasteiger partial charge is 0.185 e. The van der Waals surface area contributed by atoms with Crippen LogP contribution in [0.5, 0.6) is 0 Å². The van der Waals surface area contributed by atoms with E-state index in [1.165, 1.54) is 11.1 Å². The van der Waals surface area contributed by atoms with Crippen molar-refractivity contribution in [2.75, 3.05) is 0 Å². The van der Waals surface area contributed by atoms with E-state index in [0.29, 0.717) is 5.56 Å². The molecule has 4 aromatic rings. The van der Waals surface area contributed by atoms with Gasteiger partial charge in [0.1, 0.15) is 0 Å². The minimum atomic E-state index is 0.00781. The van der Waals surface area contributed by atoms with Gasteiger partial charge in [0.2, 0.25) is 0 Å². The van der Waals surface area contributed by atoms with Gasteiger partial charge in [-0.3, -0.25) is 4.79 Å². The van der Waals surface area contributed by atoms with Crippen LogP contribution in [0.4, 0.5) is 0 Å². The van der Waals surface area contributed by atoms with Crippen molar-refractivity contribution in [2.24, 2.45) is 0 Å². The van der Waals surface area contributed by atoms with Gasteiger partial charge in [-0.15, -0.1) is 0 Å². The van der Waals surface area contributed by atoms with Crippen molar-refractivity contribution in [2.45, 2.75) is 0 Å². The first-order chi connectivity index (χ1) is 13.8. The van der Waals surface area contributed by atoms with Crippen LogP contribution in [0.3, 0.4) is 0 Å². The summed E-state index contributed by atoms with van der Waals surface area (Å²) in [5, 5.41) is 0. The second-order valence-electron chi connectivity index (χ2n) is 6.63. The molecule has 0 spiro atoms. The van der Waals surface area contributed by atoms with Crippen LogP contribution in [-0.4, -0.2) is 5.78 Å². The molecule has 1 nitrogen and oxygen atoms in total. The van der Waals surface area contributed by atoms with Crippen molar-refractivity contribution < 1.29 is 4.79 Å². The van der Waals surface area contributed by atoms with Gasteiger partial charge in [0.05, 0.1) is 0 Å². The quantitative estimate of drug-likeness (QED) is 0.279. The highest BCUT2D eigenvalue weighted by atomic mass is 16.1. The van der Waals surface area contributed by atoms with Crippen LogP contribution in [0.2, 0.25) is 0 Å². The molecule has 0 aliphatic carbocycles. The van der Waals surface area contributed by atoms with Crippen LogP contribution in [-0.2, 0) is 0 Å². The Hall–Kier alpha value is -3.71. The van der Waals surface area contributed by atoms with Gasteiger partial charge in [0.25, 0.3) is 0 Å². The Morgan fingerprint density at radius 1 is 0.536 bits per heavy atom.